The van der Waals surface area contributed by atoms with Crippen molar-refractivity contribution in [2.75, 3.05) is 11.9 Å². The van der Waals surface area contributed by atoms with Crippen LogP contribution < -0.4 is 5.32 Å². The molecule has 1 amide bonds. The number of rotatable bonds is 4. The lowest BCUT2D eigenvalue weighted by atomic mass is 9.97. The standard InChI is InChI=1S/C23H21BrN2O3/c24-15-10-12-16(13-11-15)25-21(27)14-29-23(28)22-17-6-2-1-3-8-19(17)26-20-9-5-4-7-18(20)22/h4-5,7,9-13H,1-3,6,8,14H2,(H,25,27). The van der Waals surface area contributed by atoms with Crippen molar-refractivity contribution in [2.45, 2.75) is 32.1 Å². The Morgan fingerprint density at radius 1 is 1.00 bits per heavy atom. The zero-order chi connectivity index (χ0) is 20.2. The van der Waals surface area contributed by atoms with Gasteiger partial charge in [0.1, 0.15) is 0 Å². The number of nitrogens with one attached hydrogen (secondary N) is 1. The Hall–Kier alpha value is -2.73. The number of fused-ring (bicyclic) bond motifs is 2. The van der Waals surface area contributed by atoms with Crippen LogP contribution in [0.4, 0.5) is 5.69 Å². The predicted molar refractivity (Wildman–Crippen MR) is 116 cm³/mol. The molecule has 0 unspecified atom stereocenters. The Morgan fingerprint density at radius 2 is 1.76 bits per heavy atom. The van der Waals surface area contributed by atoms with E-state index in [0.29, 0.717) is 11.3 Å². The van der Waals surface area contributed by atoms with E-state index in [0.717, 1.165) is 58.7 Å². The van der Waals surface area contributed by atoms with Crippen molar-refractivity contribution in [3.63, 3.8) is 0 Å². The van der Waals surface area contributed by atoms with Crippen molar-refractivity contribution in [1.29, 1.82) is 0 Å². The van der Waals surface area contributed by atoms with Gasteiger partial charge < -0.3 is 10.1 Å². The van der Waals surface area contributed by atoms with Crippen molar-refractivity contribution >= 4 is 44.4 Å². The highest BCUT2D eigenvalue weighted by Gasteiger charge is 2.23. The number of aryl methyl sites for hydroxylation is 1. The summed E-state index contributed by atoms with van der Waals surface area (Å²) in [5.41, 5.74) is 3.95. The monoisotopic (exact) mass is 452 g/mol. The first-order valence-electron chi connectivity index (χ1n) is 9.75. The molecule has 1 heterocycles. The van der Waals surface area contributed by atoms with E-state index in [4.69, 9.17) is 9.72 Å². The first-order chi connectivity index (χ1) is 14.1. The number of esters is 1. The van der Waals surface area contributed by atoms with Crippen LogP contribution in [0.2, 0.25) is 0 Å². The first kappa shape index (κ1) is 19.6. The molecule has 1 aromatic heterocycles. The summed E-state index contributed by atoms with van der Waals surface area (Å²) in [4.78, 5) is 30.0. The van der Waals surface area contributed by atoms with Gasteiger partial charge in [0.25, 0.3) is 5.91 Å². The summed E-state index contributed by atoms with van der Waals surface area (Å²) in [6.07, 6.45) is 4.89. The summed E-state index contributed by atoms with van der Waals surface area (Å²) in [6.45, 7) is -0.333. The fraction of sp³-hybridized carbons (Fsp3) is 0.261. The molecule has 0 saturated heterocycles. The van der Waals surface area contributed by atoms with Crippen LogP contribution in [-0.2, 0) is 22.4 Å². The molecule has 1 aliphatic rings. The Kier molecular flexibility index (Phi) is 5.90. The molecule has 0 saturated carbocycles. The lowest BCUT2D eigenvalue weighted by Crippen LogP contribution is -2.22. The number of aromatic nitrogens is 1. The molecule has 2 aromatic carbocycles. The number of pyridine rings is 1. The summed E-state index contributed by atoms with van der Waals surface area (Å²) in [7, 11) is 0. The number of anilines is 1. The molecular weight excluding hydrogens is 432 g/mol. The normalized spacial score (nSPS) is 13.4. The van der Waals surface area contributed by atoms with E-state index in [9.17, 15) is 9.59 Å². The largest absolute Gasteiger partial charge is 0.452 e. The summed E-state index contributed by atoms with van der Waals surface area (Å²) >= 11 is 3.36. The maximum Gasteiger partial charge on any atom is 0.339 e. The number of ether oxygens (including phenoxy) is 1. The number of benzene rings is 2. The second-order valence-corrected chi connectivity index (χ2v) is 8.04. The van der Waals surface area contributed by atoms with Gasteiger partial charge in [0.05, 0.1) is 11.1 Å². The molecule has 29 heavy (non-hydrogen) atoms. The minimum absolute atomic E-state index is 0.333. The van der Waals surface area contributed by atoms with Gasteiger partial charge in [-0.3, -0.25) is 9.78 Å². The maximum atomic E-state index is 13.0. The lowest BCUT2D eigenvalue weighted by molar-refractivity contribution is -0.119. The number of carbonyl (C=O) groups is 2. The lowest BCUT2D eigenvalue weighted by Gasteiger charge is -2.15. The minimum atomic E-state index is -0.465. The van der Waals surface area contributed by atoms with E-state index in [1.165, 1.54) is 0 Å². The average Bonchev–Trinajstić information content (AvgIpc) is 2.97. The molecular formula is C23H21BrN2O3. The fourth-order valence-corrected chi connectivity index (χ4v) is 3.98. The Labute approximate surface area is 177 Å². The quantitative estimate of drug-likeness (QED) is 0.443. The van der Waals surface area contributed by atoms with Crippen LogP contribution in [-0.4, -0.2) is 23.5 Å². The van der Waals surface area contributed by atoms with Gasteiger partial charge in [-0.2, -0.15) is 0 Å². The number of amides is 1. The third-order valence-electron chi connectivity index (χ3n) is 5.09. The highest BCUT2D eigenvalue weighted by molar-refractivity contribution is 9.10. The topological polar surface area (TPSA) is 68.3 Å². The van der Waals surface area contributed by atoms with Gasteiger partial charge in [0, 0.05) is 21.2 Å². The third-order valence-corrected chi connectivity index (χ3v) is 5.61. The zero-order valence-corrected chi connectivity index (χ0v) is 17.5. The molecule has 0 aliphatic heterocycles. The third kappa shape index (κ3) is 4.48. The molecule has 1 N–H and O–H groups in total. The van der Waals surface area contributed by atoms with E-state index in [1.54, 1.807) is 12.1 Å². The average molecular weight is 453 g/mol. The fourth-order valence-electron chi connectivity index (χ4n) is 3.72. The molecule has 4 rings (SSSR count). The van der Waals surface area contributed by atoms with Gasteiger partial charge in [0.2, 0.25) is 0 Å². The van der Waals surface area contributed by atoms with Crippen molar-refractivity contribution < 1.29 is 14.3 Å². The Bertz CT molecular complexity index is 1060. The maximum absolute atomic E-state index is 13.0. The van der Waals surface area contributed by atoms with Gasteiger partial charge in [-0.1, -0.05) is 40.5 Å². The van der Waals surface area contributed by atoms with E-state index >= 15 is 0 Å². The van der Waals surface area contributed by atoms with Gasteiger partial charge in [-0.25, -0.2) is 4.79 Å². The second-order valence-electron chi connectivity index (χ2n) is 7.12. The molecule has 3 aromatic rings. The van der Waals surface area contributed by atoms with E-state index in [-0.39, 0.29) is 12.5 Å². The zero-order valence-electron chi connectivity index (χ0n) is 15.9. The van der Waals surface area contributed by atoms with E-state index in [2.05, 4.69) is 21.2 Å². The van der Waals surface area contributed by atoms with E-state index < -0.39 is 5.97 Å². The smallest absolute Gasteiger partial charge is 0.339 e. The molecule has 6 heteroatoms. The van der Waals surface area contributed by atoms with Crippen LogP contribution in [0.5, 0.6) is 0 Å². The number of hydrogen-bond acceptors (Lipinski definition) is 4. The molecule has 5 nitrogen and oxygen atoms in total. The summed E-state index contributed by atoms with van der Waals surface area (Å²) in [5.74, 6) is -0.835. The van der Waals surface area contributed by atoms with Crippen molar-refractivity contribution in [3.8, 4) is 0 Å². The number of para-hydroxylation sites is 1. The molecule has 0 spiro atoms. The molecule has 0 atom stereocenters. The van der Waals surface area contributed by atoms with Crippen LogP contribution in [0.3, 0.4) is 0 Å². The van der Waals surface area contributed by atoms with Crippen LogP contribution in [0, 0.1) is 0 Å². The van der Waals surface area contributed by atoms with Gasteiger partial charge in [-0.15, -0.1) is 0 Å². The molecule has 0 radical (unpaired) electrons. The van der Waals surface area contributed by atoms with Crippen molar-refractivity contribution in [1.82, 2.24) is 4.98 Å². The van der Waals surface area contributed by atoms with Crippen LogP contribution in [0.1, 0.15) is 40.9 Å². The Balaban J connectivity index is 1.55. The number of halogens is 1. The number of nitrogens with zero attached hydrogens (tertiary/aromatic N) is 1. The SMILES string of the molecule is O=C(COC(=O)c1c2c(nc3ccccc13)CCCCC2)Nc1ccc(Br)cc1. The summed E-state index contributed by atoms with van der Waals surface area (Å²) in [5, 5.41) is 3.52. The molecule has 0 fully saturated rings. The predicted octanol–water partition coefficient (Wildman–Crippen LogP) is 5.06. The first-order valence-corrected chi connectivity index (χ1v) is 10.5. The van der Waals surface area contributed by atoms with Gasteiger partial charge >= 0.3 is 5.97 Å². The molecule has 148 valence electrons. The molecule has 0 bridgehead atoms. The van der Waals surface area contributed by atoms with Crippen LogP contribution >= 0.6 is 15.9 Å². The Morgan fingerprint density at radius 3 is 2.59 bits per heavy atom. The van der Waals surface area contributed by atoms with Crippen LogP contribution in [0.25, 0.3) is 10.9 Å². The molecule has 1 aliphatic carbocycles. The van der Waals surface area contributed by atoms with E-state index in [1.807, 2.05) is 36.4 Å². The number of hydrogen-bond donors (Lipinski definition) is 1. The number of carbonyl (C=O) groups excluding carboxylic acids is 2. The van der Waals surface area contributed by atoms with Crippen molar-refractivity contribution in [2.24, 2.45) is 0 Å². The van der Waals surface area contributed by atoms with Gasteiger partial charge in [0.15, 0.2) is 6.61 Å². The summed E-state index contributed by atoms with van der Waals surface area (Å²) < 4.78 is 6.34. The summed E-state index contributed by atoms with van der Waals surface area (Å²) in [6, 6.07) is 14.8. The highest BCUT2D eigenvalue weighted by Crippen LogP contribution is 2.29. The minimum Gasteiger partial charge on any atom is -0.452 e. The second kappa shape index (κ2) is 8.74. The van der Waals surface area contributed by atoms with Crippen LogP contribution in [0.15, 0.2) is 53.0 Å². The van der Waals surface area contributed by atoms with Crippen molar-refractivity contribution in [3.05, 3.63) is 69.8 Å². The van der Waals surface area contributed by atoms with Gasteiger partial charge in [-0.05, 0) is 61.6 Å². The highest BCUT2D eigenvalue weighted by atomic mass is 79.9.